The van der Waals surface area contributed by atoms with Gasteiger partial charge in [0, 0.05) is 25.4 Å². The van der Waals surface area contributed by atoms with E-state index in [0.29, 0.717) is 9.87 Å². The molecule has 0 aliphatic carbocycles. The largest absolute Gasteiger partial charge is 0.491 e. The Labute approximate surface area is 167 Å². The Balaban J connectivity index is 2.44. The van der Waals surface area contributed by atoms with Gasteiger partial charge in [0.05, 0.1) is 10.7 Å². The average Bonchev–Trinajstić information content (AvgIpc) is 2.69. The van der Waals surface area contributed by atoms with Crippen molar-refractivity contribution >= 4 is 16.0 Å². The first-order valence-corrected chi connectivity index (χ1v) is 9.95. The van der Waals surface area contributed by atoms with Crippen molar-refractivity contribution in [3.63, 3.8) is 0 Å². The molecule has 0 spiro atoms. The van der Waals surface area contributed by atoms with Crippen LogP contribution in [0, 0.1) is 0 Å². The first kappa shape index (κ1) is 22.4. The van der Waals surface area contributed by atoms with Gasteiger partial charge < -0.3 is 9.84 Å². The first-order chi connectivity index (χ1) is 13.8. The van der Waals surface area contributed by atoms with Crippen LogP contribution in [0.2, 0.25) is 0 Å². The summed E-state index contributed by atoms with van der Waals surface area (Å²) in [5.74, 6) is -2.22. The molecule has 0 aliphatic heterocycles. The molecule has 0 saturated carbocycles. The second-order valence-electron chi connectivity index (χ2n) is 6.00. The van der Waals surface area contributed by atoms with Crippen molar-refractivity contribution in [2.45, 2.75) is 23.9 Å². The minimum atomic E-state index is -4.34. The summed E-state index contributed by atoms with van der Waals surface area (Å²) in [5.41, 5.74) is 0.426. The molecule has 1 aromatic heterocycles. The molecule has 7 nitrogen and oxygen atoms in total. The third kappa shape index (κ3) is 6.06. The van der Waals surface area contributed by atoms with Gasteiger partial charge in [-0.25, -0.2) is 17.2 Å². The second kappa shape index (κ2) is 10.1. The van der Waals surface area contributed by atoms with Crippen molar-refractivity contribution in [2.75, 3.05) is 13.3 Å². The van der Waals surface area contributed by atoms with E-state index in [1.807, 2.05) is 0 Å². The van der Waals surface area contributed by atoms with Gasteiger partial charge in [0.2, 0.25) is 10.0 Å². The summed E-state index contributed by atoms with van der Waals surface area (Å²) in [6.07, 6.45) is 2.17. The number of halogens is 2. The lowest BCUT2D eigenvalue weighted by Gasteiger charge is -2.28. The molecule has 1 N–H and O–H groups in total. The van der Waals surface area contributed by atoms with Crippen LogP contribution in [0.25, 0.3) is 0 Å². The number of benzene rings is 1. The van der Waals surface area contributed by atoms with Crippen molar-refractivity contribution in [1.29, 1.82) is 0 Å². The Morgan fingerprint density at radius 1 is 1.28 bits per heavy atom. The maximum Gasteiger partial charge on any atom is 0.322 e. The molecule has 10 heteroatoms. The Morgan fingerprint density at radius 3 is 2.48 bits per heavy atom. The van der Waals surface area contributed by atoms with Crippen LogP contribution in [-0.4, -0.2) is 48.1 Å². The van der Waals surface area contributed by atoms with Gasteiger partial charge in [-0.1, -0.05) is 12.6 Å². The monoisotopic (exact) mass is 426 g/mol. The number of nitrogens with zero attached hydrogens (tertiary/aromatic N) is 2. The Kier molecular flexibility index (Phi) is 7.80. The van der Waals surface area contributed by atoms with Crippen LogP contribution in [0.4, 0.5) is 8.78 Å². The van der Waals surface area contributed by atoms with Gasteiger partial charge in [-0.2, -0.15) is 4.31 Å². The number of carboxylic acids is 1. The lowest BCUT2D eigenvalue weighted by Crippen LogP contribution is -2.44. The average molecular weight is 426 g/mol. The number of sulfonamides is 1. The van der Waals surface area contributed by atoms with Crippen LogP contribution >= 0.6 is 0 Å². The number of rotatable bonds is 11. The number of aliphatic carboxylic acids is 1. The van der Waals surface area contributed by atoms with Crippen LogP contribution in [0.1, 0.15) is 12.0 Å². The summed E-state index contributed by atoms with van der Waals surface area (Å²) in [6.45, 7) is 1.83. The van der Waals surface area contributed by atoms with Crippen molar-refractivity contribution in [1.82, 2.24) is 9.29 Å². The van der Waals surface area contributed by atoms with E-state index in [1.165, 1.54) is 36.7 Å². The third-order valence-electron chi connectivity index (χ3n) is 3.88. The molecule has 0 amide bonds. The molecule has 2 aromatic rings. The van der Waals surface area contributed by atoms with E-state index in [4.69, 9.17) is 4.74 Å². The topological polar surface area (TPSA) is 96.8 Å². The highest BCUT2D eigenvalue weighted by atomic mass is 32.2. The van der Waals surface area contributed by atoms with Crippen LogP contribution in [0.15, 0.2) is 66.1 Å². The van der Waals surface area contributed by atoms with Gasteiger partial charge in [-0.15, -0.1) is 0 Å². The molecule has 0 fully saturated rings. The zero-order chi connectivity index (χ0) is 21.4. The Bertz CT molecular complexity index is 937. The first-order valence-electron chi connectivity index (χ1n) is 8.51. The number of carboxylic acid groups (broad SMARTS) is 1. The highest BCUT2D eigenvalue weighted by Crippen LogP contribution is 2.26. The van der Waals surface area contributed by atoms with Crippen molar-refractivity contribution in [2.24, 2.45) is 0 Å². The predicted molar refractivity (Wildman–Crippen MR) is 101 cm³/mol. The third-order valence-corrected chi connectivity index (χ3v) is 5.75. The second-order valence-corrected chi connectivity index (χ2v) is 7.89. The standard InChI is InChI=1S/C19H20F2N2O5S/c1-14(21)11-18(19(24)25)23(13-15-3-2-9-22-12-15)29(26,27)17-6-4-16(5-7-17)28-10-8-20/h2-7,9,12,18H,1,8,10-11,13H2,(H,24,25)/t18-/m1/s1. The van der Waals surface area contributed by atoms with E-state index in [-0.39, 0.29) is 23.8 Å². The number of ether oxygens (including phenoxy) is 1. The van der Waals surface area contributed by atoms with Crippen LogP contribution < -0.4 is 4.74 Å². The molecule has 2 rings (SSSR count). The zero-order valence-corrected chi connectivity index (χ0v) is 16.2. The molecule has 0 bridgehead atoms. The number of aromatic nitrogens is 1. The number of alkyl halides is 1. The summed E-state index contributed by atoms with van der Waals surface area (Å²) in [5, 5.41) is 9.54. The van der Waals surface area contributed by atoms with Gasteiger partial charge in [0.1, 0.15) is 25.1 Å². The van der Waals surface area contributed by atoms with Gasteiger partial charge in [0.25, 0.3) is 0 Å². The number of carbonyl (C=O) groups is 1. The highest BCUT2D eigenvalue weighted by Gasteiger charge is 2.36. The lowest BCUT2D eigenvalue weighted by atomic mass is 10.2. The van der Waals surface area contributed by atoms with Gasteiger partial charge in [0.15, 0.2) is 0 Å². The van der Waals surface area contributed by atoms with Crippen LogP contribution in [0.3, 0.4) is 0 Å². The van der Waals surface area contributed by atoms with E-state index in [2.05, 4.69) is 11.6 Å². The minimum Gasteiger partial charge on any atom is -0.491 e. The smallest absolute Gasteiger partial charge is 0.322 e. The molecule has 1 aromatic carbocycles. The summed E-state index contributed by atoms with van der Waals surface area (Å²) in [7, 11) is -4.34. The van der Waals surface area contributed by atoms with E-state index >= 15 is 0 Å². The summed E-state index contributed by atoms with van der Waals surface area (Å²) < 4.78 is 57.8. The van der Waals surface area contributed by atoms with E-state index in [0.717, 1.165) is 0 Å². The van der Waals surface area contributed by atoms with Crippen LogP contribution in [0.5, 0.6) is 5.75 Å². The highest BCUT2D eigenvalue weighted by molar-refractivity contribution is 7.89. The Morgan fingerprint density at radius 2 is 1.97 bits per heavy atom. The van der Waals surface area contributed by atoms with Gasteiger partial charge in [-0.3, -0.25) is 9.78 Å². The molecular formula is C19H20F2N2O5S. The fraction of sp³-hybridized carbons (Fsp3) is 0.263. The molecule has 0 unspecified atom stereocenters. The minimum absolute atomic E-state index is 0.182. The lowest BCUT2D eigenvalue weighted by molar-refractivity contribution is -0.141. The quantitative estimate of drug-likeness (QED) is 0.593. The fourth-order valence-corrected chi connectivity index (χ4v) is 4.13. The fourth-order valence-electron chi connectivity index (χ4n) is 2.56. The molecule has 0 saturated heterocycles. The van der Waals surface area contributed by atoms with Crippen LogP contribution in [-0.2, 0) is 21.4 Å². The number of hydrogen-bond donors (Lipinski definition) is 1. The zero-order valence-electron chi connectivity index (χ0n) is 15.4. The molecular weight excluding hydrogens is 406 g/mol. The molecule has 1 heterocycles. The molecule has 0 aliphatic rings. The normalized spacial score (nSPS) is 12.5. The molecule has 1 atom stereocenters. The van der Waals surface area contributed by atoms with Crippen molar-refractivity contribution in [3.8, 4) is 5.75 Å². The number of pyridine rings is 1. The summed E-state index contributed by atoms with van der Waals surface area (Å²) >= 11 is 0. The maximum absolute atomic E-state index is 13.4. The van der Waals surface area contributed by atoms with Gasteiger partial charge in [-0.05, 0) is 35.9 Å². The molecule has 0 radical (unpaired) electrons. The molecule has 29 heavy (non-hydrogen) atoms. The van der Waals surface area contributed by atoms with Gasteiger partial charge >= 0.3 is 5.97 Å². The van der Waals surface area contributed by atoms with E-state index in [1.54, 1.807) is 12.1 Å². The van der Waals surface area contributed by atoms with E-state index < -0.39 is 41.0 Å². The number of hydrogen-bond acceptors (Lipinski definition) is 5. The molecule has 156 valence electrons. The Hall–Kier alpha value is -2.85. The van der Waals surface area contributed by atoms with Crippen molar-refractivity contribution in [3.05, 3.63) is 66.8 Å². The van der Waals surface area contributed by atoms with E-state index in [9.17, 15) is 27.1 Å². The maximum atomic E-state index is 13.4. The SMILES string of the molecule is C=C(F)C[C@H](C(=O)O)N(Cc1cccnc1)S(=O)(=O)c1ccc(OCCF)cc1. The van der Waals surface area contributed by atoms with Crippen molar-refractivity contribution < 1.29 is 31.8 Å². The summed E-state index contributed by atoms with van der Waals surface area (Å²) in [6, 6.07) is 6.52. The summed E-state index contributed by atoms with van der Waals surface area (Å²) in [4.78, 5) is 15.4. The predicted octanol–water partition coefficient (Wildman–Crippen LogP) is 2.95.